The molecule has 0 spiro atoms. The zero-order valence-corrected chi connectivity index (χ0v) is 36.3. The van der Waals surface area contributed by atoms with Crippen LogP contribution in [0.25, 0.3) is 0 Å². The minimum atomic E-state index is -0.165. The maximum Gasteiger partial charge on any atom is 0.220 e. The standard InChI is InChI=1S/C48H90N2O4/c1-6-8-10-12-13-14-15-16-17-18-19-20-23-27-32-36-48(54)50-46(41-52)39-43(5)38-44(33-29-25-11-9-7-2)34-30-26-22-21-24-28-31-35-47(53)49-45(40-51)37-42(3)4/h13-14,16-17,30,34,42-46,51-52H,6-12,15,18-29,31-33,35-41H2,1-5H3,(H,49,53)(H,50,54). The van der Waals surface area contributed by atoms with E-state index in [0.717, 1.165) is 70.6 Å². The number of unbranched alkanes of at least 4 members (excludes halogenated alkanes) is 17. The highest BCUT2D eigenvalue weighted by atomic mass is 16.3. The maximum absolute atomic E-state index is 12.7. The molecule has 0 aliphatic rings. The number of aliphatic hydroxyl groups is 2. The molecule has 2 amide bonds. The monoisotopic (exact) mass is 759 g/mol. The molecule has 6 nitrogen and oxygen atoms in total. The third kappa shape index (κ3) is 35.8. The van der Waals surface area contributed by atoms with E-state index in [2.05, 4.69) is 81.7 Å². The average Bonchev–Trinajstić information content (AvgIpc) is 3.14. The summed E-state index contributed by atoms with van der Waals surface area (Å²) < 4.78 is 0. The summed E-state index contributed by atoms with van der Waals surface area (Å²) in [7, 11) is 0. The number of carbonyl (C=O) groups is 2. The normalized spacial score (nSPS) is 14.4. The van der Waals surface area contributed by atoms with Crippen LogP contribution in [0.5, 0.6) is 0 Å². The summed E-state index contributed by atoms with van der Waals surface area (Å²) in [6.45, 7) is 11.0. The van der Waals surface area contributed by atoms with Crippen LogP contribution in [0.4, 0.5) is 0 Å². The summed E-state index contributed by atoms with van der Waals surface area (Å²) in [5, 5.41) is 25.7. The smallest absolute Gasteiger partial charge is 0.220 e. The lowest BCUT2D eigenvalue weighted by Gasteiger charge is -2.23. The third-order valence-electron chi connectivity index (χ3n) is 10.5. The number of aliphatic hydroxyl groups excluding tert-OH is 2. The van der Waals surface area contributed by atoms with Crippen molar-refractivity contribution in [3.05, 3.63) is 36.5 Å². The number of hydrogen-bond donors (Lipinski definition) is 4. The first kappa shape index (κ1) is 52.1. The Hall–Kier alpha value is -1.92. The van der Waals surface area contributed by atoms with E-state index in [1.165, 1.54) is 96.3 Å². The molecule has 6 heteroatoms. The SMILES string of the molecule is CCCCCC=CCC=CCCCCCCCC(=O)NC(CO)CC(C)CC(C=CCCCCCCCC(=O)NC(CO)CC(C)C)CCCCCCC. The van der Waals surface area contributed by atoms with Crippen LogP contribution in [0.1, 0.15) is 214 Å². The first-order chi connectivity index (χ1) is 26.2. The second kappa shape index (κ2) is 39.3. The molecule has 0 bridgehead atoms. The quantitative estimate of drug-likeness (QED) is 0.0370. The molecule has 0 rings (SSSR count). The minimum absolute atomic E-state index is 0.00174. The Bertz CT molecular complexity index is 930. The Morgan fingerprint density at radius 2 is 0.963 bits per heavy atom. The highest BCUT2D eigenvalue weighted by molar-refractivity contribution is 5.76. The van der Waals surface area contributed by atoms with Gasteiger partial charge < -0.3 is 20.8 Å². The summed E-state index contributed by atoms with van der Waals surface area (Å²) in [6, 6.07) is -0.290. The molecule has 0 radical (unpaired) electrons. The molecular formula is C48H90N2O4. The topological polar surface area (TPSA) is 98.7 Å². The molecule has 0 aromatic heterocycles. The van der Waals surface area contributed by atoms with E-state index in [4.69, 9.17) is 0 Å². The summed E-state index contributed by atoms with van der Waals surface area (Å²) >= 11 is 0. The Balaban J connectivity index is 4.37. The molecule has 4 atom stereocenters. The van der Waals surface area contributed by atoms with Gasteiger partial charge in [0.2, 0.25) is 11.8 Å². The zero-order chi connectivity index (χ0) is 39.9. The molecule has 0 aliphatic carbocycles. The van der Waals surface area contributed by atoms with Gasteiger partial charge in [-0.15, -0.1) is 0 Å². The van der Waals surface area contributed by atoms with E-state index in [0.29, 0.717) is 30.6 Å². The number of nitrogens with one attached hydrogen (secondary N) is 2. The van der Waals surface area contributed by atoms with Crippen molar-refractivity contribution in [3.8, 4) is 0 Å². The van der Waals surface area contributed by atoms with Gasteiger partial charge in [-0.1, -0.05) is 155 Å². The fourth-order valence-electron chi connectivity index (χ4n) is 7.39. The molecule has 0 saturated heterocycles. The zero-order valence-electron chi connectivity index (χ0n) is 36.3. The van der Waals surface area contributed by atoms with E-state index in [1.54, 1.807) is 0 Å². The van der Waals surface area contributed by atoms with Gasteiger partial charge in [0.15, 0.2) is 0 Å². The average molecular weight is 759 g/mol. The second-order valence-electron chi connectivity index (χ2n) is 16.8. The molecule has 0 aromatic rings. The highest BCUT2D eigenvalue weighted by Gasteiger charge is 2.18. The molecular weight excluding hydrogens is 669 g/mol. The maximum atomic E-state index is 12.7. The van der Waals surface area contributed by atoms with Crippen LogP contribution < -0.4 is 10.6 Å². The van der Waals surface area contributed by atoms with Gasteiger partial charge in [-0.25, -0.2) is 0 Å². The summed E-state index contributed by atoms with van der Waals surface area (Å²) in [4.78, 5) is 24.9. The molecule has 316 valence electrons. The molecule has 0 fully saturated rings. The number of allylic oxidation sites excluding steroid dienone is 6. The summed E-state index contributed by atoms with van der Waals surface area (Å²) in [5.41, 5.74) is 0. The minimum Gasteiger partial charge on any atom is -0.394 e. The van der Waals surface area contributed by atoms with Crippen LogP contribution in [-0.2, 0) is 9.59 Å². The summed E-state index contributed by atoms with van der Waals surface area (Å²) in [6.07, 6.45) is 45.1. The third-order valence-corrected chi connectivity index (χ3v) is 10.5. The van der Waals surface area contributed by atoms with E-state index >= 15 is 0 Å². The van der Waals surface area contributed by atoms with Crippen LogP contribution in [0.2, 0.25) is 0 Å². The van der Waals surface area contributed by atoms with Crippen molar-refractivity contribution < 1.29 is 19.8 Å². The predicted molar refractivity (Wildman–Crippen MR) is 234 cm³/mol. The molecule has 4 unspecified atom stereocenters. The van der Waals surface area contributed by atoms with E-state index in [-0.39, 0.29) is 37.1 Å². The Morgan fingerprint density at radius 1 is 0.519 bits per heavy atom. The van der Waals surface area contributed by atoms with Gasteiger partial charge in [0.05, 0.1) is 25.3 Å². The first-order valence-electron chi connectivity index (χ1n) is 23.0. The second-order valence-corrected chi connectivity index (χ2v) is 16.8. The van der Waals surface area contributed by atoms with Gasteiger partial charge in [-0.05, 0) is 101 Å². The van der Waals surface area contributed by atoms with E-state index < -0.39 is 0 Å². The van der Waals surface area contributed by atoms with Crippen molar-refractivity contribution in [2.45, 2.75) is 226 Å². The van der Waals surface area contributed by atoms with Crippen LogP contribution in [0, 0.1) is 17.8 Å². The highest BCUT2D eigenvalue weighted by Crippen LogP contribution is 2.24. The van der Waals surface area contributed by atoms with Gasteiger partial charge in [0.25, 0.3) is 0 Å². The van der Waals surface area contributed by atoms with Gasteiger partial charge in [0.1, 0.15) is 0 Å². The number of hydrogen-bond acceptors (Lipinski definition) is 4. The number of amides is 2. The van der Waals surface area contributed by atoms with Crippen molar-refractivity contribution in [2.75, 3.05) is 13.2 Å². The van der Waals surface area contributed by atoms with Gasteiger partial charge in [-0.2, -0.15) is 0 Å². The predicted octanol–water partition coefficient (Wildman–Crippen LogP) is 12.5. The van der Waals surface area contributed by atoms with Crippen molar-refractivity contribution in [1.82, 2.24) is 10.6 Å². The van der Waals surface area contributed by atoms with Crippen LogP contribution >= 0.6 is 0 Å². The van der Waals surface area contributed by atoms with Gasteiger partial charge in [0, 0.05) is 12.8 Å². The van der Waals surface area contributed by atoms with Gasteiger partial charge >= 0.3 is 0 Å². The Labute approximate surface area is 335 Å². The lowest BCUT2D eigenvalue weighted by atomic mass is 9.87. The van der Waals surface area contributed by atoms with Crippen molar-refractivity contribution in [3.63, 3.8) is 0 Å². The molecule has 0 aliphatic heterocycles. The number of carbonyl (C=O) groups excluding carboxylic acids is 2. The van der Waals surface area contributed by atoms with Crippen molar-refractivity contribution in [2.24, 2.45) is 17.8 Å². The van der Waals surface area contributed by atoms with E-state index in [1.807, 2.05) is 0 Å². The lowest BCUT2D eigenvalue weighted by Crippen LogP contribution is -2.38. The Morgan fingerprint density at radius 3 is 1.50 bits per heavy atom. The first-order valence-corrected chi connectivity index (χ1v) is 23.0. The van der Waals surface area contributed by atoms with Crippen LogP contribution in [0.15, 0.2) is 36.5 Å². The van der Waals surface area contributed by atoms with Crippen molar-refractivity contribution in [1.29, 1.82) is 0 Å². The largest absolute Gasteiger partial charge is 0.394 e. The molecule has 0 heterocycles. The fraction of sp³-hybridized carbons (Fsp3) is 0.833. The molecule has 0 aromatic carbocycles. The number of rotatable bonds is 39. The fourth-order valence-corrected chi connectivity index (χ4v) is 7.39. The van der Waals surface area contributed by atoms with E-state index in [9.17, 15) is 19.8 Å². The van der Waals surface area contributed by atoms with Gasteiger partial charge in [-0.3, -0.25) is 9.59 Å². The Kier molecular flexibility index (Phi) is 37.9. The molecule has 54 heavy (non-hydrogen) atoms. The molecule has 4 N–H and O–H groups in total. The van der Waals surface area contributed by atoms with Crippen molar-refractivity contribution >= 4 is 11.8 Å². The van der Waals surface area contributed by atoms with Crippen LogP contribution in [-0.4, -0.2) is 47.3 Å². The molecule has 0 saturated carbocycles. The van der Waals surface area contributed by atoms with Crippen LogP contribution in [0.3, 0.4) is 0 Å². The lowest BCUT2D eigenvalue weighted by molar-refractivity contribution is -0.123. The summed E-state index contributed by atoms with van der Waals surface area (Å²) in [5.74, 6) is 1.57.